The van der Waals surface area contributed by atoms with Crippen molar-refractivity contribution >= 4 is 16.9 Å². The minimum Gasteiger partial charge on any atom is -0.463 e. The van der Waals surface area contributed by atoms with Crippen molar-refractivity contribution < 1.29 is 4.74 Å². The molecule has 0 aliphatic carbocycles. The van der Waals surface area contributed by atoms with E-state index in [4.69, 9.17) is 10.5 Å². The van der Waals surface area contributed by atoms with Crippen molar-refractivity contribution in [3.05, 3.63) is 47.2 Å². The summed E-state index contributed by atoms with van der Waals surface area (Å²) in [5, 5.41) is 0. The van der Waals surface area contributed by atoms with E-state index in [1.54, 1.807) is 0 Å². The molecule has 5 heteroatoms. The molecule has 0 bridgehead atoms. The van der Waals surface area contributed by atoms with Gasteiger partial charge < -0.3 is 15.5 Å². The topological polar surface area (TPSA) is 76.8 Å². The normalized spacial score (nSPS) is 11.1. The Bertz CT molecular complexity index is 808. The molecule has 1 aromatic carbocycles. The van der Waals surface area contributed by atoms with Gasteiger partial charge >= 0.3 is 6.01 Å². The minimum atomic E-state index is 0.357. The first kappa shape index (κ1) is 16.3. The van der Waals surface area contributed by atoms with Gasteiger partial charge in [-0.1, -0.05) is 44.5 Å². The number of rotatable bonds is 7. The number of unbranched alkanes of at least 4 members (excludes halogenated alkanes) is 1. The summed E-state index contributed by atoms with van der Waals surface area (Å²) in [5.41, 5.74) is 11.4. The molecule has 0 saturated carbocycles. The Hall–Kier alpha value is -2.56. The summed E-state index contributed by atoms with van der Waals surface area (Å²) in [4.78, 5) is 12.0. The number of aromatic amines is 1. The van der Waals surface area contributed by atoms with Gasteiger partial charge in [0.05, 0.1) is 6.61 Å². The quantitative estimate of drug-likeness (QED) is 0.647. The van der Waals surface area contributed by atoms with E-state index >= 15 is 0 Å². The van der Waals surface area contributed by atoms with Crippen molar-refractivity contribution in [3.63, 3.8) is 0 Å². The largest absolute Gasteiger partial charge is 0.463 e. The van der Waals surface area contributed by atoms with E-state index in [2.05, 4.69) is 53.1 Å². The van der Waals surface area contributed by atoms with Crippen molar-refractivity contribution in [1.82, 2.24) is 15.0 Å². The van der Waals surface area contributed by atoms with Gasteiger partial charge in [0, 0.05) is 18.2 Å². The number of nitrogens with one attached hydrogen (secondary N) is 1. The lowest BCUT2D eigenvalue weighted by atomic mass is 10.0. The first-order valence-corrected chi connectivity index (χ1v) is 8.55. The molecule has 0 fully saturated rings. The second kappa shape index (κ2) is 7.34. The van der Waals surface area contributed by atoms with Crippen LogP contribution in [0.15, 0.2) is 30.5 Å². The van der Waals surface area contributed by atoms with Crippen molar-refractivity contribution in [1.29, 1.82) is 0 Å². The molecule has 3 rings (SSSR count). The van der Waals surface area contributed by atoms with E-state index < -0.39 is 0 Å². The SMILES string of the molecule is CCCCOc1nc(N)c2[nH]cc(Cc3ccc(CC)cc3)c2n1. The number of H-pyrrole nitrogens is 1. The number of anilines is 1. The van der Waals surface area contributed by atoms with Crippen LogP contribution < -0.4 is 10.5 Å². The summed E-state index contributed by atoms with van der Waals surface area (Å²) in [6.45, 7) is 4.89. The molecule has 2 aromatic heterocycles. The van der Waals surface area contributed by atoms with E-state index in [0.717, 1.165) is 42.3 Å². The smallest absolute Gasteiger partial charge is 0.319 e. The van der Waals surface area contributed by atoms with Crippen LogP contribution in [0, 0.1) is 0 Å². The van der Waals surface area contributed by atoms with Gasteiger partial charge in [-0.3, -0.25) is 0 Å². The van der Waals surface area contributed by atoms with Crippen LogP contribution in [0.1, 0.15) is 43.4 Å². The maximum atomic E-state index is 6.04. The first-order valence-electron chi connectivity index (χ1n) is 8.55. The lowest BCUT2D eigenvalue weighted by Gasteiger charge is -2.06. The third kappa shape index (κ3) is 3.50. The molecule has 0 radical (unpaired) electrons. The lowest BCUT2D eigenvalue weighted by molar-refractivity contribution is 0.287. The second-order valence-electron chi connectivity index (χ2n) is 5.98. The predicted octanol–water partition coefficient (Wildman–Crippen LogP) is 3.87. The van der Waals surface area contributed by atoms with Gasteiger partial charge in [-0.15, -0.1) is 0 Å². The first-order chi connectivity index (χ1) is 11.7. The average molecular weight is 324 g/mol. The van der Waals surface area contributed by atoms with Crippen LogP contribution in [0.2, 0.25) is 0 Å². The van der Waals surface area contributed by atoms with E-state index in [0.29, 0.717) is 18.4 Å². The molecular formula is C19H24N4O. The molecule has 5 nitrogen and oxygen atoms in total. The van der Waals surface area contributed by atoms with E-state index in [9.17, 15) is 0 Å². The monoisotopic (exact) mass is 324 g/mol. The van der Waals surface area contributed by atoms with Gasteiger partial charge in [-0.25, -0.2) is 0 Å². The van der Waals surface area contributed by atoms with Crippen LogP contribution in [0.4, 0.5) is 5.82 Å². The van der Waals surface area contributed by atoms with E-state index in [-0.39, 0.29) is 0 Å². The zero-order valence-electron chi connectivity index (χ0n) is 14.3. The average Bonchev–Trinajstić information content (AvgIpc) is 2.99. The Morgan fingerprint density at radius 1 is 1.08 bits per heavy atom. The molecule has 0 spiro atoms. The molecule has 0 aliphatic rings. The fourth-order valence-corrected chi connectivity index (χ4v) is 2.68. The number of benzene rings is 1. The zero-order valence-corrected chi connectivity index (χ0v) is 14.3. The highest BCUT2D eigenvalue weighted by atomic mass is 16.5. The highest BCUT2D eigenvalue weighted by Gasteiger charge is 2.12. The highest BCUT2D eigenvalue weighted by molar-refractivity contribution is 5.87. The number of nitrogens with zero attached hydrogens (tertiary/aromatic N) is 2. The summed E-state index contributed by atoms with van der Waals surface area (Å²) >= 11 is 0. The molecule has 0 amide bonds. The van der Waals surface area contributed by atoms with Crippen LogP contribution in [0.3, 0.4) is 0 Å². The van der Waals surface area contributed by atoms with Gasteiger partial charge in [-0.2, -0.15) is 9.97 Å². The maximum Gasteiger partial charge on any atom is 0.319 e. The lowest BCUT2D eigenvalue weighted by Crippen LogP contribution is -2.03. The number of hydrogen-bond donors (Lipinski definition) is 2. The fourth-order valence-electron chi connectivity index (χ4n) is 2.68. The number of nitrogen functional groups attached to an aromatic ring is 1. The van der Waals surface area contributed by atoms with Crippen molar-refractivity contribution in [2.45, 2.75) is 39.5 Å². The van der Waals surface area contributed by atoms with Crippen LogP contribution >= 0.6 is 0 Å². The molecule has 3 aromatic rings. The van der Waals surface area contributed by atoms with Crippen LogP contribution in [-0.4, -0.2) is 21.6 Å². The van der Waals surface area contributed by atoms with Crippen molar-refractivity contribution in [3.8, 4) is 6.01 Å². The Labute approximate surface area is 142 Å². The molecule has 0 unspecified atom stereocenters. The second-order valence-corrected chi connectivity index (χ2v) is 5.98. The number of fused-ring (bicyclic) bond motifs is 1. The molecule has 126 valence electrons. The Balaban J connectivity index is 1.86. The van der Waals surface area contributed by atoms with E-state index in [1.165, 1.54) is 11.1 Å². The van der Waals surface area contributed by atoms with E-state index in [1.807, 2.05) is 6.20 Å². The van der Waals surface area contributed by atoms with Crippen molar-refractivity contribution in [2.24, 2.45) is 0 Å². The van der Waals surface area contributed by atoms with Gasteiger partial charge in [0.2, 0.25) is 0 Å². The molecule has 2 heterocycles. The Morgan fingerprint density at radius 3 is 2.54 bits per heavy atom. The third-order valence-corrected chi connectivity index (χ3v) is 4.17. The Kier molecular flexibility index (Phi) is 4.99. The van der Waals surface area contributed by atoms with Gasteiger partial charge in [0.25, 0.3) is 0 Å². The molecule has 3 N–H and O–H groups in total. The molecule has 0 atom stereocenters. The summed E-state index contributed by atoms with van der Waals surface area (Å²) in [6.07, 6.45) is 5.86. The zero-order chi connectivity index (χ0) is 16.9. The van der Waals surface area contributed by atoms with Gasteiger partial charge in [0.15, 0.2) is 5.82 Å². The number of hydrogen-bond acceptors (Lipinski definition) is 4. The molecular weight excluding hydrogens is 300 g/mol. The maximum absolute atomic E-state index is 6.04. The van der Waals surface area contributed by atoms with Gasteiger partial charge in [-0.05, 0) is 24.0 Å². The van der Waals surface area contributed by atoms with Crippen LogP contribution in [0.5, 0.6) is 6.01 Å². The number of nitrogens with two attached hydrogens (primary N) is 1. The third-order valence-electron chi connectivity index (χ3n) is 4.17. The number of ether oxygens (including phenoxy) is 1. The fraction of sp³-hybridized carbons (Fsp3) is 0.368. The molecule has 24 heavy (non-hydrogen) atoms. The molecule has 0 aliphatic heterocycles. The summed E-state index contributed by atoms with van der Waals surface area (Å²) in [5.74, 6) is 0.430. The standard InChI is InChI=1S/C19H24N4O/c1-3-5-10-24-19-22-16-15(12-21-17(16)18(20)23-19)11-14-8-6-13(4-2)7-9-14/h6-9,12,21H,3-5,10-11H2,1-2H3,(H2,20,22,23). The predicted molar refractivity (Wildman–Crippen MR) is 97.3 cm³/mol. The van der Waals surface area contributed by atoms with Crippen molar-refractivity contribution in [2.75, 3.05) is 12.3 Å². The minimum absolute atomic E-state index is 0.357. The summed E-state index contributed by atoms with van der Waals surface area (Å²) < 4.78 is 5.62. The van der Waals surface area contributed by atoms with Gasteiger partial charge in [0.1, 0.15) is 11.0 Å². The number of aryl methyl sites for hydroxylation is 1. The molecule has 0 saturated heterocycles. The van der Waals surface area contributed by atoms with Crippen LogP contribution in [0.25, 0.3) is 11.0 Å². The highest BCUT2D eigenvalue weighted by Crippen LogP contribution is 2.25. The van der Waals surface area contributed by atoms with Crippen LogP contribution in [-0.2, 0) is 12.8 Å². The number of aromatic nitrogens is 3. The summed E-state index contributed by atoms with van der Waals surface area (Å²) in [6, 6.07) is 9.04. The Morgan fingerprint density at radius 2 is 1.83 bits per heavy atom. The summed E-state index contributed by atoms with van der Waals surface area (Å²) in [7, 11) is 0.